The molecule has 6 heterocycles. The van der Waals surface area contributed by atoms with Crippen molar-refractivity contribution in [1.29, 1.82) is 0 Å². The van der Waals surface area contributed by atoms with E-state index in [1.54, 1.807) is 10.8 Å². The molecule has 0 spiro atoms. The Labute approximate surface area is 171 Å². The van der Waals surface area contributed by atoms with E-state index in [9.17, 15) is 0 Å². The summed E-state index contributed by atoms with van der Waals surface area (Å²) in [5.74, 6) is 0.543. The molecule has 0 aromatic carbocycles. The number of pyridine rings is 2. The van der Waals surface area contributed by atoms with Crippen molar-refractivity contribution in [2.45, 2.75) is 25.8 Å². The average molecular weight is 400 g/mol. The van der Waals surface area contributed by atoms with E-state index in [0.29, 0.717) is 12.0 Å². The standard InChI is InChI=1S/C21H20N8O/c1-13-9-18-24-12-25-28(18)11-17(13)26-21-23-10-16-15-3-2-6-22-19(15)29(20(16)27-21)14-4-7-30-8-5-14/h2-3,6,9-12,14H,4-5,7-8H2,1H3,(H,23,26,27). The van der Waals surface area contributed by atoms with Crippen LogP contribution >= 0.6 is 0 Å². The van der Waals surface area contributed by atoms with Crippen LogP contribution in [-0.4, -0.2) is 47.3 Å². The third kappa shape index (κ3) is 2.70. The number of aromatic nitrogens is 7. The molecule has 0 unspecified atom stereocenters. The molecule has 0 bridgehead atoms. The molecule has 5 aromatic heterocycles. The zero-order valence-electron chi connectivity index (χ0n) is 16.5. The normalized spacial score (nSPS) is 15.4. The van der Waals surface area contributed by atoms with Gasteiger partial charge in [-0.1, -0.05) is 0 Å². The summed E-state index contributed by atoms with van der Waals surface area (Å²) in [5.41, 5.74) is 4.59. The van der Waals surface area contributed by atoms with Gasteiger partial charge in [-0.15, -0.1) is 0 Å². The predicted molar refractivity (Wildman–Crippen MR) is 113 cm³/mol. The summed E-state index contributed by atoms with van der Waals surface area (Å²) in [5, 5.41) is 9.66. The summed E-state index contributed by atoms with van der Waals surface area (Å²) in [7, 11) is 0. The van der Waals surface area contributed by atoms with Crippen LogP contribution in [0.2, 0.25) is 0 Å². The molecule has 1 aliphatic heterocycles. The lowest BCUT2D eigenvalue weighted by Crippen LogP contribution is -2.20. The van der Waals surface area contributed by atoms with Crippen molar-refractivity contribution in [2.24, 2.45) is 0 Å². The molecule has 9 heteroatoms. The summed E-state index contributed by atoms with van der Waals surface area (Å²) < 4.78 is 9.56. The maximum absolute atomic E-state index is 5.57. The Kier molecular flexibility index (Phi) is 3.88. The zero-order valence-corrected chi connectivity index (χ0v) is 16.5. The second-order valence-corrected chi connectivity index (χ2v) is 7.58. The molecule has 0 aliphatic carbocycles. The van der Waals surface area contributed by atoms with Crippen molar-refractivity contribution in [1.82, 2.24) is 34.1 Å². The van der Waals surface area contributed by atoms with Gasteiger partial charge in [0.15, 0.2) is 5.65 Å². The molecule has 5 aromatic rings. The molecule has 1 aliphatic rings. The van der Waals surface area contributed by atoms with Crippen molar-refractivity contribution in [3.63, 3.8) is 0 Å². The lowest BCUT2D eigenvalue weighted by atomic mass is 10.1. The van der Waals surface area contributed by atoms with Crippen molar-refractivity contribution in [2.75, 3.05) is 18.5 Å². The molecule has 0 amide bonds. The van der Waals surface area contributed by atoms with Gasteiger partial charge in [0.05, 0.1) is 11.9 Å². The number of fused-ring (bicyclic) bond motifs is 4. The van der Waals surface area contributed by atoms with E-state index in [4.69, 9.17) is 9.72 Å². The minimum atomic E-state index is 0.310. The highest BCUT2D eigenvalue weighted by atomic mass is 16.5. The number of nitrogens with one attached hydrogen (secondary N) is 1. The Morgan fingerprint density at radius 2 is 2.00 bits per heavy atom. The van der Waals surface area contributed by atoms with Crippen LogP contribution in [0.1, 0.15) is 24.4 Å². The van der Waals surface area contributed by atoms with Crippen LogP contribution in [-0.2, 0) is 4.74 Å². The number of hydrogen-bond donors (Lipinski definition) is 1. The summed E-state index contributed by atoms with van der Waals surface area (Å²) >= 11 is 0. The van der Waals surface area contributed by atoms with E-state index in [0.717, 1.165) is 65.0 Å². The van der Waals surface area contributed by atoms with Gasteiger partial charge in [-0.05, 0) is 43.5 Å². The molecule has 1 N–H and O–H groups in total. The van der Waals surface area contributed by atoms with E-state index in [-0.39, 0.29) is 0 Å². The fourth-order valence-corrected chi connectivity index (χ4v) is 4.20. The third-order valence-electron chi connectivity index (χ3n) is 5.73. The first kappa shape index (κ1) is 17.3. The Hall–Kier alpha value is -3.59. The molecule has 6 rings (SSSR count). The molecule has 9 nitrogen and oxygen atoms in total. The summed E-state index contributed by atoms with van der Waals surface area (Å²) in [6, 6.07) is 6.33. The van der Waals surface area contributed by atoms with Gasteiger partial charge < -0.3 is 14.6 Å². The number of aryl methyl sites for hydroxylation is 1. The van der Waals surface area contributed by atoms with Gasteiger partial charge in [0.25, 0.3) is 0 Å². The smallest absolute Gasteiger partial charge is 0.229 e. The molecule has 150 valence electrons. The Bertz CT molecular complexity index is 1380. The number of rotatable bonds is 3. The maximum Gasteiger partial charge on any atom is 0.229 e. The number of anilines is 2. The van der Waals surface area contributed by atoms with Crippen LogP contribution in [0.15, 0.2) is 43.1 Å². The highest BCUT2D eigenvalue weighted by Crippen LogP contribution is 2.33. The van der Waals surface area contributed by atoms with Gasteiger partial charge in [-0.2, -0.15) is 10.1 Å². The molecule has 1 saturated heterocycles. The fourth-order valence-electron chi connectivity index (χ4n) is 4.20. The topological polar surface area (TPSA) is 95.1 Å². The average Bonchev–Trinajstić information content (AvgIpc) is 3.36. The summed E-state index contributed by atoms with van der Waals surface area (Å²) in [6.45, 7) is 3.54. The van der Waals surface area contributed by atoms with Gasteiger partial charge in [0.2, 0.25) is 5.95 Å². The largest absolute Gasteiger partial charge is 0.381 e. The molecule has 30 heavy (non-hydrogen) atoms. The van der Waals surface area contributed by atoms with Crippen molar-refractivity contribution >= 4 is 39.3 Å². The second kappa shape index (κ2) is 6.74. The molecular formula is C21H20N8O. The Balaban J connectivity index is 1.49. The first-order valence-corrected chi connectivity index (χ1v) is 10.0. The van der Waals surface area contributed by atoms with E-state index in [2.05, 4.69) is 36.0 Å². The highest BCUT2D eigenvalue weighted by Gasteiger charge is 2.23. The monoisotopic (exact) mass is 400 g/mol. The van der Waals surface area contributed by atoms with Crippen LogP contribution in [0.5, 0.6) is 0 Å². The van der Waals surface area contributed by atoms with Crippen LogP contribution in [0, 0.1) is 6.92 Å². The van der Waals surface area contributed by atoms with E-state index in [1.807, 2.05) is 37.6 Å². The number of ether oxygens (including phenoxy) is 1. The van der Waals surface area contributed by atoms with Gasteiger partial charge in [0, 0.05) is 42.4 Å². The zero-order chi connectivity index (χ0) is 20.1. The SMILES string of the molecule is Cc1cc2ncnn2cc1Nc1ncc2c3cccnc3n(C3CCOCC3)c2n1. The molecule has 1 fully saturated rings. The lowest BCUT2D eigenvalue weighted by molar-refractivity contribution is 0.0715. The molecular weight excluding hydrogens is 380 g/mol. The minimum Gasteiger partial charge on any atom is -0.381 e. The van der Waals surface area contributed by atoms with Gasteiger partial charge in [-0.25, -0.2) is 19.5 Å². The van der Waals surface area contributed by atoms with Gasteiger partial charge in [0.1, 0.15) is 17.6 Å². The van der Waals surface area contributed by atoms with Crippen LogP contribution < -0.4 is 5.32 Å². The molecule has 0 saturated carbocycles. The number of hydrogen-bond acceptors (Lipinski definition) is 7. The maximum atomic E-state index is 5.57. The van der Waals surface area contributed by atoms with Crippen molar-refractivity contribution in [3.05, 3.63) is 48.7 Å². The fraction of sp³-hybridized carbons (Fsp3) is 0.286. The van der Waals surface area contributed by atoms with Crippen LogP contribution in [0.25, 0.3) is 27.7 Å². The van der Waals surface area contributed by atoms with Gasteiger partial charge in [-0.3, -0.25) is 0 Å². The first-order chi connectivity index (χ1) is 14.8. The second-order valence-electron chi connectivity index (χ2n) is 7.58. The predicted octanol–water partition coefficient (Wildman–Crippen LogP) is 3.43. The highest BCUT2D eigenvalue weighted by molar-refractivity contribution is 6.05. The summed E-state index contributed by atoms with van der Waals surface area (Å²) in [4.78, 5) is 18.4. The summed E-state index contributed by atoms with van der Waals surface area (Å²) in [6.07, 6.45) is 9.06. The van der Waals surface area contributed by atoms with Crippen molar-refractivity contribution in [3.8, 4) is 0 Å². The molecule has 0 atom stereocenters. The van der Waals surface area contributed by atoms with Crippen molar-refractivity contribution < 1.29 is 4.74 Å². The minimum absolute atomic E-state index is 0.310. The van der Waals surface area contributed by atoms with Crippen LogP contribution in [0.3, 0.4) is 0 Å². The lowest BCUT2D eigenvalue weighted by Gasteiger charge is -2.24. The van der Waals surface area contributed by atoms with E-state index < -0.39 is 0 Å². The Morgan fingerprint density at radius 1 is 1.10 bits per heavy atom. The number of nitrogens with zero attached hydrogens (tertiary/aromatic N) is 7. The van der Waals surface area contributed by atoms with Gasteiger partial charge >= 0.3 is 0 Å². The molecule has 0 radical (unpaired) electrons. The van der Waals surface area contributed by atoms with Crippen LogP contribution in [0.4, 0.5) is 11.6 Å². The van der Waals surface area contributed by atoms with E-state index in [1.165, 1.54) is 0 Å². The first-order valence-electron chi connectivity index (χ1n) is 10.0. The quantitative estimate of drug-likeness (QED) is 0.496. The Morgan fingerprint density at radius 3 is 2.90 bits per heavy atom. The van der Waals surface area contributed by atoms with E-state index >= 15 is 0 Å². The third-order valence-corrected chi connectivity index (χ3v) is 5.73.